The summed E-state index contributed by atoms with van der Waals surface area (Å²) in [7, 11) is 0. The van der Waals surface area contributed by atoms with Crippen molar-refractivity contribution >= 4 is 0 Å². The highest BCUT2D eigenvalue weighted by Crippen LogP contribution is 2.25. The van der Waals surface area contributed by atoms with Crippen LogP contribution in [0.1, 0.15) is 33.6 Å². The molecule has 0 N–H and O–H groups in total. The number of morpholine rings is 1. The SMILES string of the molecule is C/C=C(\C(CCC)=C(/C)F)N1CCOCC1. The van der Waals surface area contributed by atoms with Gasteiger partial charge in [-0.25, -0.2) is 4.39 Å². The van der Waals surface area contributed by atoms with Crippen molar-refractivity contribution in [3.8, 4) is 0 Å². The smallest absolute Gasteiger partial charge is 0.102 e. The lowest BCUT2D eigenvalue weighted by atomic mass is 10.0. The molecular formula is C13H22FNO. The first-order chi connectivity index (χ1) is 7.70. The summed E-state index contributed by atoms with van der Waals surface area (Å²) < 4.78 is 18.8. The fourth-order valence-electron chi connectivity index (χ4n) is 2.08. The highest BCUT2D eigenvalue weighted by atomic mass is 19.1. The summed E-state index contributed by atoms with van der Waals surface area (Å²) in [6.07, 6.45) is 3.79. The van der Waals surface area contributed by atoms with Gasteiger partial charge in [0, 0.05) is 24.4 Å². The number of halogens is 1. The maximum absolute atomic E-state index is 13.5. The highest BCUT2D eigenvalue weighted by molar-refractivity contribution is 5.31. The van der Waals surface area contributed by atoms with Gasteiger partial charge >= 0.3 is 0 Å². The monoisotopic (exact) mass is 227 g/mol. The second kappa shape index (κ2) is 6.69. The lowest BCUT2D eigenvalue weighted by Gasteiger charge is -2.32. The summed E-state index contributed by atoms with van der Waals surface area (Å²) in [4.78, 5) is 2.22. The lowest BCUT2D eigenvalue weighted by molar-refractivity contribution is 0.0543. The molecule has 1 fully saturated rings. The molecule has 0 amide bonds. The largest absolute Gasteiger partial charge is 0.378 e. The summed E-state index contributed by atoms with van der Waals surface area (Å²) >= 11 is 0. The summed E-state index contributed by atoms with van der Waals surface area (Å²) in [6, 6.07) is 0. The van der Waals surface area contributed by atoms with Gasteiger partial charge in [-0.3, -0.25) is 0 Å². The van der Waals surface area contributed by atoms with Crippen molar-refractivity contribution in [2.24, 2.45) is 0 Å². The van der Waals surface area contributed by atoms with Crippen LogP contribution in [0.25, 0.3) is 0 Å². The average molecular weight is 227 g/mol. The number of hydrogen-bond acceptors (Lipinski definition) is 2. The Balaban J connectivity index is 2.83. The van der Waals surface area contributed by atoms with Gasteiger partial charge in [-0.2, -0.15) is 0 Å². The molecule has 0 radical (unpaired) electrons. The third-order valence-corrected chi connectivity index (χ3v) is 2.85. The number of hydrogen-bond donors (Lipinski definition) is 0. The molecule has 0 aromatic rings. The van der Waals surface area contributed by atoms with Gasteiger partial charge in [0.15, 0.2) is 0 Å². The molecule has 1 rings (SSSR count). The Labute approximate surface area is 97.8 Å². The Kier molecular flexibility index (Phi) is 5.53. The summed E-state index contributed by atoms with van der Waals surface area (Å²) in [5.41, 5.74) is 1.90. The van der Waals surface area contributed by atoms with Crippen LogP contribution in [0.15, 0.2) is 23.2 Å². The molecule has 1 saturated heterocycles. The summed E-state index contributed by atoms with van der Waals surface area (Å²) in [6.45, 7) is 8.80. The van der Waals surface area contributed by atoms with Crippen molar-refractivity contribution in [1.29, 1.82) is 0 Å². The first-order valence-electron chi connectivity index (χ1n) is 6.05. The second-order valence-corrected chi connectivity index (χ2v) is 4.04. The number of nitrogens with zero attached hydrogens (tertiary/aromatic N) is 1. The van der Waals surface area contributed by atoms with Gasteiger partial charge in [-0.05, 0) is 20.3 Å². The van der Waals surface area contributed by atoms with Gasteiger partial charge in [0.2, 0.25) is 0 Å². The van der Waals surface area contributed by atoms with Crippen LogP contribution in [0.5, 0.6) is 0 Å². The zero-order valence-corrected chi connectivity index (χ0v) is 10.6. The Bertz CT molecular complexity index is 274. The van der Waals surface area contributed by atoms with Gasteiger partial charge < -0.3 is 9.64 Å². The van der Waals surface area contributed by atoms with E-state index in [2.05, 4.69) is 11.8 Å². The highest BCUT2D eigenvalue weighted by Gasteiger charge is 2.17. The van der Waals surface area contributed by atoms with Gasteiger partial charge in [-0.1, -0.05) is 19.4 Å². The van der Waals surface area contributed by atoms with E-state index < -0.39 is 0 Å². The summed E-state index contributed by atoms with van der Waals surface area (Å²) in [5, 5.41) is 0. The predicted octanol–water partition coefficient (Wildman–Crippen LogP) is 3.27. The van der Waals surface area contributed by atoms with Crippen molar-refractivity contribution in [3.05, 3.63) is 23.2 Å². The molecule has 1 aliphatic rings. The van der Waals surface area contributed by atoms with E-state index in [1.807, 2.05) is 13.0 Å². The average Bonchev–Trinajstić information content (AvgIpc) is 2.30. The van der Waals surface area contributed by atoms with Gasteiger partial charge in [0.05, 0.1) is 13.2 Å². The maximum atomic E-state index is 13.5. The fraction of sp³-hybridized carbons (Fsp3) is 0.692. The Morgan fingerprint density at radius 2 is 2.00 bits per heavy atom. The molecule has 0 aliphatic carbocycles. The van der Waals surface area contributed by atoms with Gasteiger partial charge in [0.25, 0.3) is 0 Å². The third-order valence-electron chi connectivity index (χ3n) is 2.85. The van der Waals surface area contributed by atoms with Crippen LogP contribution in [0.4, 0.5) is 4.39 Å². The van der Waals surface area contributed by atoms with Crippen LogP contribution < -0.4 is 0 Å². The molecule has 2 nitrogen and oxygen atoms in total. The maximum Gasteiger partial charge on any atom is 0.102 e. The zero-order valence-electron chi connectivity index (χ0n) is 10.6. The molecule has 1 aliphatic heterocycles. The van der Waals surface area contributed by atoms with Crippen LogP contribution in [0.2, 0.25) is 0 Å². The first kappa shape index (κ1) is 13.2. The van der Waals surface area contributed by atoms with Crippen molar-refractivity contribution in [3.63, 3.8) is 0 Å². The number of ether oxygens (including phenoxy) is 1. The predicted molar refractivity (Wildman–Crippen MR) is 64.9 cm³/mol. The fourth-order valence-corrected chi connectivity index (χ4v) is 2.08. The number of allylic oxidation sites excluding steroid dienone is 3. The lowest BCUT2D eigenvalue weighted by Crippen LogP contribution is -2.36. The van der Waals surface area contributed by atoms with Crippen LogP contribution in [0.3, 0.4) is 0 Å². The molecule has 0 aromatic heterocycles. The quantitative estimate of drug-likeness (QED) is 0.683. The van der Waals surface area contributed by atoms with Crippen molar-refractivity contribution in [1.82, 2.24) is 4.90 Å². The van der Waals surface area contributed by atoms with E-state index in [4.69, 9.17) is 4.74 Å². The Morgan fingerprint density at radius 3 is 2.44 bits per heavy atom. The molecule has 0 bridgehead atoms. The Hall–Kier alpha value is -0.830. The standard InChI is InChI=1S/C13H22FNO/c1-4-6-12(11(3)14)13(5-2)15-7-9-16-10-8-15/h5H,4,6-10H2,1-3H3/b12-11+,13-5+. The van der Waals surface area contributed by atoms with Crippen molar-refractivity contribution in [2.75, 3.05) is 26.3 Å². The van der Waals surface area contributed by atoms with Gasteiger partial charge in [-0.15, -0.1) is 0 Å². The van der Waals surface area contributed by atoms with E-state index in [0.29, 0.717) is 0 Å². The van der Waals surface area contributed by atoms with E-state index in [1.54, 1.807) is 6.92 Å². The molecule has 3 heteroatoms. The van der Waals surface area contributed by atoms with E-state index in [0.717, 1.165) is 50.4 Å². The Morgan fingerprint density at radius 1 is 1.38 bits per heavy atom. The molecule has 0 unspecified atom stereocenters. The molecule has 0 aromatic carbocycles. The zero-order chi connectivity index (χ0) is 12.0. The molecule has 92 valence electrons. The second-order valence-electron chi connectivity index (χ2n) is 4.04. The van der Waals surface area contributed by atoms with E-state index in [9.17, 15) is 4.39 Å². The normalized spacial score (nSPS) is 19.8. The minimum Gasteiger partial charge on any atom is -0.378 e. The van der Waals surface area contributed by atoms with Crippen molar-refractivity contribution < 1.29 is 9.13 Å². The molecule has 0 saturated carbocycles. The molecule has 0 atom stereocenters. The molecule has 16 heavy (non-hydrogen) atoms. The minimum atomic E-state index is -0.0542. The molecule has 0 spiro atoms. The van der Waals surface area contributed by atoms with Gasteiger partial charge in [0.1, 0.15) is 5.83 Å². The first-order valence-corrected chi connectivity index (χ1v) is 6.05. The summed E-state index contributed by atoms with van der Waals surface area (Å²) in [5.74, 6) is -0.0542. The van der Waals surface area contributed by atoms with E-state index in [-0.39, 0.29) is 5.83 Å². The third kappa shape index (κ3) is 3.34. The molecular weight excluding hydrogens is 205 g/mol. The van der Waals surface area contributed by atoms with Crippen LogP contribution >= 0.6 is 0 Å². The molecule has 1 heterocycles. The van der Waals surface area contributed by atoms with Crippen LogP contribution in [-0.4, -0.2) is 31.2 Å². The van der Waals surface area contributed by atoms with Crippen LogP contribution in [-0.2, 0) is 4.74 Å². The van der Waals surface area contributed by atoms with E-state index >= 15 is 0 Å². The van der Waals surface area contributed by atoms with Crippen LogP contribution in [0, 0.1) is 0 Å². The number of rotatable bonds is 4. The minimum absolute atomic E-state index is 0.0542. The topological polar surface area (TPSA) is 12.5 Å². The van der Waals surface area contributed by atoms with E-state index in [1.165, 1.54) is 0 Å². The van der Waals surface area contributed by atoms with Crippen molar-refractivity contribution in [2.45, 2.75) is 33.6 Å².